The summed E-state index contributed by atoms with van der Waals surface area (Å²) >= 11 is 0. The van der Waals surface area contributed by atoms with E-state index in [2.05, 4.69) is 31.1 Å². The zero-order valence-electron chi connectivity index (χ0n) is 19.3. The monoisotopic (exact) mass is 411 g/mol. The van der Waals surface area contributed by atoms with E-state index in [-0.39, 0.29) is 24.3 Å². The van der Waals surface area contributed by atoms with Crippen molar-refractivity contribution < 1.29 is 19.2 Å². The topological polar surface area (TPSA) is 95.6 Å². The first-order chi connectivity index (χ1) is 13.7. The maximum Gasteiger partial charge on any atom is 0.289 e. The van der Waals surface area contributed by atoms with Gasteiger partial charge in [0.05, 0.1) is 6.04 Å². The zero-order chi connectivity index (χ0) is 23.0. The van der Waals surface area contributed by atoms with Crippen LogP contribution in [0.4, 0.5) is 0 Å². The second-order valence-electron chi connectivity index (χ2n) is 6.95. The molecule has 3 atom stereocenters. The Balaban J connectivity index is 0. The average Bonchev–Trinajstić information content (AvgIpc) is 3.09. The highest BCUT2D eigenvalue weighted by Crippen LogP contribution is 2.23. The van der Waals surface area contributed by atoms with Crippen LogP contribution in [0.2, 0.25) is 0 Å². The van der Waals surface area contributed by atoms with Gasteiger partial charge in [-0.1, -0.05) is 60.5 Å². The van der Waals surface area contributed by atoms with Gasteiger partial charge in [-0.05, 0) is 18.8 Å². The molecular formula is C22H41N3O4. The number of Topliss-reactive ketones (excluding diaryl/α,β-unsaturated/α-hetero) is 1. The highest BCUT2D eigenvalue weighted by molar-refractivity contribution is 6.38. The number of hydrogen-bond acceptors (Lipinski definition) is 4. The summed E-state index contributed by atoms with van der Waals surface area (Å²) in [5, 5.41) is 5.08. The van der Waals surface area contributed by atoms with Crippen LogP contribution in [-0.4, -0.2) is 53.6 Å². The molecule has 0 aromatic rings. The normalized spacial score (nSPS) is 18.2. The van der Waals surface area contributed by atoms with Gasteiger partial charge < -0.3 is 15.5 Å². The van der Waals surface area contributed by atoms with E-state index in [1.54, 1.807) is 0 Å². The lowest BCUT2D eigenvalue weighted by molar-refractivity contribution is -0.141. The Hall–Kier alpha value is -2.18. The van der Waals surface area contributed by atoms with Gasteiger partial charge in [0.2, 0.25) is 17.6 Å². The van der Waals surface area contributed by atoms with Crippen LogP contribution in [0.5, 0.6) is 0 Å². The van der Waals surface area contributed by atoms with Crippen molar-refractivity contribution in [1.82, 2.24) is 15.5 Å². The lowest BCUT2D eigenvalue weighted by atomic mass is 10.0. The molecule has 0 aliphatic carbocycles. The molecule has 7 heteroatoms. The first-order valence-electron chi connectivity index (χ1n) is 10.7. The summed E-state index contributed by atoms with van der Waals surface area (Å²) in [5.41, 5.74) is 0. The maximum absolute atomic E-state index is 12.5. The van der Waals surface area contributed by atoms with E-state index in [0.29, 0.717) is 25.8 Å². The molecule has 0 radical (unpaired) electrons. The smallest absolute Gasteiger partial charge is 0.289 e. The molecule has 2 N–H and O–H groups in total. The quantitative estimate of drug-likeness (QED) is 0.474. The maximum atomic E-state index is 12.5. The van der Waals surface area contributed by atoms with Gasteiger partial charge in [-0.15, -0.1) is 6.58 Å². The SMILES string of the molecule is C=CCNC(=O)C(=O)C(CCC)NC(=O)[C@@H]1C[C@@H](C)CN1C(C)=O.CC.CCC. The number of rotatable bonds is 8. The van der Waals surface area contributed by atoms with Crippen LogP contribution in [0, 0.1) is 5.92 Å². The average molecular weight is 412 g/mol. The second kappa shape index (κ2) is 16.7. The van der Waals surface area contributed by atoms with Crippen molar-refractivity contribution in [2.24, 2.45) is 5.92 Å². The zero-order valence-corrected chi connectivity index (χ0v) is 19.3. The number of nitrogens with one attached hydrogen (secondary N) is 2. The van der Waals surface area contributed by atoms with E-state index in [1.165, 1.54) is 24.3 Å². The van der Waals surface area contributed by atoms with Gasteiger partial charge in [-0.3, -0.25) is 19.2 Å². The Morgan fingerprint density at radius 2 is 1.72 bits per heavy atom. The van der Waals surface area contributed by atoms with Crippen LogP contribution in [0.3, 0.4) is 0 Å². The molecule has 1 rings (SSSR count). The van der Waals surface area contributed by atoms with Crippen molar-refractivity contribution in [3.63, 3.8) is 0 Å². The minimum absolute atomic E-state index is 0.165. The van der Waals surface area contributed by atoms with Gasteiger partial charge in [0.15, 0.2) is 0 Å². The molecule has 0 aromatic carbocycles. The molecule has 29 heavy (non-hydrogen) atoms. The number of likely N-dealkylation sites (tertiary alicyclic amines) is 1. The van der Waals surface area contributed by atoms with Crippen molar-refractivity contribution in [1.29, 1.82) is 0 Å². The van der Waals surface area contributed by atoms with Gasteiger partial charge in [-0.25, -0.2) is 0 Å². The lowest BCUT2D eigenvalue weighted by Gasteiger charge is -2.25. The molecule has 1 aliphatic heterocycles. The number of ketones is 1. The first kappa shape index (κ1) is 29.0. The Bertz CT molecular complexity index is 534. The highest BCUT2D eigenvalue weighted by atomic mass is 16.2. The van der Waals surface area contributed by atoms with E-state index in [4.69, 9.17) is 0 Å². The molecule has 0 spiro atoms. The number of hydrogen-bond donors (Lipinski definition) is 2. The van der Waals surface area contributed by atoms with Gasteiger partial charge >= 0.3 is 0 Å². The molecule has 1 unspecified atom stereocenters. The minimum Gasteiger partial charge on any atom is -0.346 e. The molecule has 1 heterocycles. The van der Waals surface area contributed by atoms with Crippen LogP contribution in [0.25, 0.3) is 0 Å². The number of carbonyl (C=O) groups is 4. The fraction of sp³-hybridized carbons (Fsp3) is 0.727. The molecule has 1 fully saturated rings. The molecule has 0 aromatic heterocycles. The van der Waals surface area contributed by atoms with E-state index >= 15 is 0 Å². The second-order valence-corrected chi connectivity index (χ2v) is 6.95. The van der Waals surface area contributed by atoms with Crippen molar-refractivity contribution in [2.75, 3.05) is 13.1 Å². The summed E-state index contributed by atoms with van der Waals surface area (Å²) in [6.07, 6.45) is 4.29. The molecule has 7 nitrogen and oxygen atoms in total. The van der Waals surface area contributed by atoms with E-state index in [0.717, 1.165) is 0 Å². The van der Waals surface area contributed by atoms with Gasteiger partial charge in [0.1, 0.15) is 6.04 Å². The van der Waals surface area contributed by atoms with Crippen LogP contribution in [-0.2, 0) is 19.2 Å². The van der Waals surface area contributed by atoms with Gasteiger partial charge in [0.25, 0.3) is 5.91 Å². The standard InChI is InChI=1S/C17H27N3O4.C3H8.C2H6/c1-5-7-13(15(22)17(24)18-8-6-2)19-16(23)14-9-11(3)10-20(14)12(4)21;1-3-2;1-2/h6,11,13-14H,2,5,7-10H2,1,3-4H3,(H,18,24)(H,19,23);3H2,1-2H3;1-2H3/t11-,13?,14+;;/m1../s1. The first-order valence-corrected chi connectivity index (χ1v) is 10.7. The van der Waals surface area contributed by atoms with Crippen molar-refractivity contribution in [3.8, 4) is 0 Å². The highest BCUT2D eigenvalue weighted by Gasteiger charge is 2.38. The fourth-order valence-corrected chi connectivity index (χ4v) is 2.88. The summed E-state index contributed by atoms with van der Waals surface area (Å²) in [6.45, 7) is 17.7. The third kappa shape index (κ3) is 10.8. The summed E-state index contributed by atoms with van der Waals surface area (Å²) in [5.74, 6) is -1.73. The Kier molecular flexibility index (Phi) is 16.8. The number of carbonyl (C=O) groups excluding carboxylic acids is 4. The molecule has 168 valence electrons. The summed E-state index contributed by atoms with van der Waals surface area (Å²) in [4.78, 5) is 49.8. The fourth-order valence-electron chi connectivity index (χ4n) is 2.88. The predicted molar refractivity (Wildman–Crippen MR) is 117 cm³/mol. The number of amides is 3. The summed E-state index contributed by atoms with van der Waals surface area (Å²) in [6, 6.07) is -1.46. The Morgan fingerprint density at radius 3 is 2.17 bits per heavy atom. The molecule has 1 saturated heterocycles. The predicted octanol–water partition coefficient (Wildman–Crippen LogP) is 2.84. The van der Waals surface area contributed by atoms with Crippen molar-refractivity contribution in [3.05, 3.63) is 12.7 Å². The van der Waals surface area contributed by atoms with Crippen LogP contribution < -0.4 is 10.6 Å². The largest absolute Gasteiger partial charge is 0.346 e. The van der Waals surface area contributed by atoms with E-state index in [9.17, 15) is 19.2 Å². The van der Waals surface area contributed by atoms with Crippen LogP contribution in [0.15, 0.2) is 12.7 Å². The molecule has 0 saturated carbocycles. The number of nitrogens with zero attached hydrogens (tertiary/aromatic N) is 1. The molecule has 3 amide bonds. The van der Waals surface area contributed by atoms with E-state index < -0.39 is 23.8 Å². The van der Waals surface area contributed by atoms with Crippen molar-refractivity contribution in [2.45, 2.75) is 86.2 Å². The Morgan fingerprint density at radius 1 is 1.17 bits per heavy atom. The van der Waals surface area contributed by atoms with Crippen LogP contribution in [0.1, 0.15) is 74.1 Å². The van der Waals surface area contributed by atoms with Gasteiger partial charge in [-0.2, -0.15) is 0 Å². The van der Waals surface area contributed by atoms with Crippen LogP contribution >= 0.6 is 0 Å². The summed E-state index contributed by atoms with van der Waals surface area (Å²) in [7, 11) is 0. The third-order valence-corrected chi connectivity index (χ3v) is 4.06. The Labute approximate surface area is 176 Å². The minimum atomic E-state index is -0.878. The van der Waals surface area contributed by atoms with E-state index in [1.807, 2.05) is 27.7 Å². The molecular weight excluding hydrogens is 370 g/mol. The van der Waals surface area contributed by atoms with Crippen molar-refractivity contribution >= 4 is 23.5 Å². The lowest BCUT2D eigenvalue weighted by Crippen LogP contribution is -2.53. The third-order valence-electron chi connectivity index (χ3n) is 4.06. The summed E-state index contributed by atoms with van der Waals surface area (Å²) < 4.78 is 0. The molecule has 1 aliphatic rings. The molecule has 0 bridgehead atoms. The van der Waals surface area contributed by atoms with Gasteiger partial charge in [0, 0.05) is 20.0 Å².